The van der Waals surface area contributed by atoms with Gasteiger partial charge in [-0.25, -0.2) is 0 Å². The first kappa shape index (κ1) is 19.3. The highest BCUT2D eigenvalue weighted by Crippen LogP contribution is 2.18. The highest BCUT2D eigenvalue weighted by molar-refractivity contribution is 6.05. The summed E-state index contributed by atoms with van der Waals surface area (Å²) in [5.74, 6) is 0.0364. The first-order valence-corrected chi connectivity index (χ1v) is 8.91. The van der Waals surface area contributed by atoms with Crippen LogP contribution in [0.4, 0.5) is 0 Å². The van der Waals surface area contributed by atoms with Gasteiger partial charge in [-0.15, -0.1) is 0 Å². The van der Waals surface area contributed by atoms with Gasteiger partial charge in [-0.3, -0.25) is 9.78 Å². The van der Waals surface area contributed by atoms with Crippen molar-refractivity contribution in [1.82, 2.24) is 19.7 Å². The third kappa shape index (κ3) is 5.80. The summed E-state index contributed by atoms with van der Waals surface area (Å²) in [5.41, 5.74) is 0.563. The van der Waals surface area contributed by atoms with E-state index in [1.807, 2.05) is 35.2 Å². The lowest BCUT2D eigenvalue weighted by atomic mass is 10.1. The molecule has 5 nitrogen and oxygen atoms in total. The molecular weight excluding hydrogens is 312 g/mol. The zero-order chi connectivity index (χ0) is 18.2. The molecule has 1 aromatic carbocycles. The van der Waals surface area contributed by atoms with Crippen molar-refractivity contribution in [3.8, 4) is 0 Å². The molecule has 25 heavy (non-hydrogen) atoms. The molecule has 2 rings (SSSR count). The summed E-state index contributed by atoms with van der Waals surface area (Å²) < 4.78 is 0. The van der Waals surface area contributed by atoms with Crippen molar-refractivity contribution in [1.29, 1.82) is 0 Å². The molecule has 5 heteroatoms. The molecule has 0 fully saturated rings. The minimum absolute atomic E-state index is 0.0364. The maximum absolute atomic E-state index is 13.1. The predicted molar refractivity (Wildman–Crippen MR) is 104 cm³/mol. The fraction of sp³-hybridized carbons (Fsp3) is 0.500. The van der Waals surface area contributed by atoms with Gasteiger partial charge in [0.15, 0.2) is 0 Å². The number of hydrogen-bond donors (Lipinski definition) is 0. The lowest BCUT2D eigenvalue weighted by Crippen LogP contribution is -2.36. The molecule has 0 saturated carbocycles. The Labute approximate surface area is 151 Å². The minimum atomic E-state index is 0.0364. The third-order valence-electron chi connectivity index (χ3n) is 4.23. The topological polar surface area (TPSA) is 39.7 Å². The van der Waals surface area contributed by atoms with Crippen molar-refractivity contribution in [2.24, 2.45) is 0 Å². The Kier molecular flexibility index (Phi) is 7.34. The van der Waals surface area contributed by atoms with Gasteiger partial charge in [-0.1, -0.05) is 24.3 Å². The van der Waals surface area contributed by atoms with Gasteiger partial charge in [0.05, 0.1) is 0 Å². The molecule has 1 heterocycles. The van der Waals surface area contributed by atoms with Gasteiger partial charge in [0, 0.05) is 24.7 Å². The molecule has 0 aliphatic carbocycles. The molecule has 0 bridgehead atoms. The van der Waals surface area contributed by atoms with Crippen LogP contribution in [0.1, 0.15) is 23.3 Å². The molecule has 136 valence electrons. The summed E-state index contributed by atoms with van der Waals surface area (Å²) >= 11 is 0. The molecule has 0 unspecified atom stereocenters. The quantitative estimate of drug-likeness (QED) is 0.702. The first-order chi connectivity index (χ1) is 12.0. The highest BCUT2D eigenvalue weighted by Gasteiger charge is 2.19. The highest BCUT2D eigenvalue weighted by atomic mass is 16.2. The Morgan fingerprint density at radius 1 is 0.880 bits per heavy atom. The summed E-state index contributed by atoms with van der Waals surface area (Å²) in [7, 11) is 8.24. The van der Waals surface area contributed by atoms with E-state index in [0.29, 0.717) is 5.69 Å². The number of pyridine rings is 1. The number of fused-ring (bicyclic) bond motifs is 1. The van der Waals surface area contributed by atoms with Crippen molar-refractivity contribution in [3.63, 3.8) is 0 Å². The van der Waals surface area contributed by atoms with E-state index in [2.05, 4.69) is 43.0 Å². The second kappa shape index (κ2) is 9.49. The van der Waals surface area contributed by atoms with E-state index in [4.69, 9.17) is 0 Å². The zero-order valence-electron chi connectivity index (χ0n) is 15.9. The Hall–Kier alpha value is -1.98. The van der Waals surface area contributed by atoms with E-state index < -0.39 is 0 Å². The van der Waals surface area contributed by atoms with Gasteiger partial charge in [0.1, 0.15) is 5.69 Å². The Bertz CT molecular complexity index is 665. The predicted octanol–water partition coefficient (Wildman–Crippen LogP) is 2.58. The number of carbonyl (C=O) groups excluding carboxylic acids is 1. The maximum Gasteiger partial charge on any atom is 0.273 e. The molecule has 2 aromatic rings. The van der Waals surface area contributed by atoms with Crippen LogP contribution in [0, 0.1) is 0 Å². The minimum Gasteiger partial charge on any atom is -0.337 e. The average molecular weight is 342 g/mol. The average Bonchev–Trinajstić information content (AvgIpc) is 2.58. The molecule has 0 spiro atoms. The van der Waals surface area contributed by atoms with Crippen molar-refractivity contribution in [2.45, 2.75) is 12.8 Å². The SMILES string of the molecule is CN(C)CCCN(CCCN(C)C)C(=O)c1nccc2ccccc12. The van der Waals surface area contributed by atoms with Crippen LogP contribution in [-0.4, -0.2) is 80.0 Å². The van der Waals surface area contributed by atoms with Crippen molar-refractivity contribution in [3.05, 3.63) is 42.2 Å². The maximum atomic E-state index is 13.1. The van der Waals surface area contributed by atoms with E-state index in [9.17, 15) is 4.79 Å². The molecule has 0 aliphatic heterocycles. The van der Waals surface area contributed by atoms with Crippen LogP contribution in [0.3, 0.4) is 0 Å². The lowest BCUT2D eigenvalue weighted by Gasteiger charge is -2.24. The van der Waals surface area contributed by atoms with Crippen molar-refractivity contribution in [2.75, 3.05) is 54.4 Å². The van der Waals surface area contributed by atoms with Crippen LogP contribution in [-0.2, 0) is 0 Å². The van der Waals surface area contributed by atoms with E-state index in [-0.39, 0.29) is 5.91 Å². The van der Waals surface area contributed by atoms with Crippen LogP contribution in [0.2, 0.25) is 0 Å². The molecule has 0 radical (unpaired) electrons. The fourth-order valence-corrected chi connectivity index (χ4v) is 2.91. The van der Waals surface area contributed by atoms with Crippen LogP contribution < -0.4 is 0 Å². The summed E-state index contributed by atoms with van der Waals surface area (Å²) in [6.45, 7) is 3.46. The molecule has 1 aromatic heterocycles. The smallest absolute Gasteiger partial charge is 0.273 e. The van der Waals surface area contributed by atoms with Crippen LogP contribution in [0.5, 0.6) is 0 Å². The fourth-order valence-electron chi connectivity index (χ4n) is 2.91. The van der Waals surface area contributed by atoms with Gasteiger partial charge in [-0.05, 0) is 65.6 Å². The number of carbonyl (C=O) groups is 1. The second-order valence-electron chi connectivity index (χ2n) is 6.99. The second-order valence-corrected chi connectivity index (χ2v) is 6.99. The summed E-state index contributed by atoms with van der Waals surface area (Å²) in [6, 6.07) is 9.91. The van der Waals surface area contributed by atoms with Crippen LogP contribution >= 0.6 is 0 Å². The summed E-state index contributed by atoms with van der Waals surface area (Å²) in [4.78, 5) is 23.8. The standard InChI is InChI=1S/C20H30N4O/c1-22(2)13-7-15-24(16-8-14-23(3)4)20(25)19-18-10-6-5-9-17(18)11-12-21-19/h5-6,9-12H,7-8,13-16H2,1-4H3. The zero-order valence-corrected chi connectivity index (χ0v) is 15.9. The van der Waals surface area contributed by atoms with Crippen LogP contribution in [0.25, 0.3) is 10.8 Å². The van der Waals surface area contributed by atoms with Gasteiger partial charge >= 0.3 is 0 Å². The number of rotatable bonds is 9. The number of amides is 1. The summed E-state index contributed by atoms with van der Waals surface area (Å²) in [6.07, 6.45) is 3.66. The first-order valence-electron chi connectivity index (χ1n) is 8.91. The Morgan fingerprint density at radius 3 is 2.08 bits per heavy atom. The van der Waals surface area contributed by atoms with Gasteiger partial charge in [0.25, 0.3) is 5.91 Å². The number of hydrogen-bond acceptors (Lipinski definition) is 4. The number of nitrogens with zero attached hydrogens (tertiary/aromatic N) is 4. The third-order valence-corrected chi connectivity index (χ3v) is 4.23. The molecule has 0 atom stereocenters. The molecule has 0 N–H and O–H groups in total. The Morgan fingerprint density at radius 2 is 1.48 bits per heavy atom. The van der Waals surface area contributed by atoms with E-state index in [1.54, 1.807) is 6.20 Å². The molecule has 0 saturated heterocycles. The van der Waals surface area contributed by atoms with Gasteiger partial charge in [-0.2, -0.15) is 0 Å². The number of aromatic nitrogens is 1. The molecule has 1 amide bonds. The van der Waals surface area contributed by atoms with E-state index in [1.165, 1.54) is 0 Å². The van der Waals surface area contributed by atoms with Crippen molar-refractivity contribution < 1.29 is 4.79 Å². The normalized spacial score (nSPS) is 11.4. The number of benzene rings is 1. The van der Waals surface area contributed by atoms with Gasteiger partial charge < -0.3 is 14.7 Å². The van der Waals surface area contributed by atoms with E-state index >= 15 is 0 Å². The Balaban J connectivity index is 2.16. The van der Waals surface area contributed by atoms with Crippen molar-refractivity contribution >= 4 is 16.7 Å². The molecular formula is C20H30N4O. The van der Waals surface area contributed by atoms with E-state index in [0.717, 1.165) is 49.8 Å². The molecule has 0 aliphatic rings. The summed E-state index contributed by atoms with van der Waals surface area (Å²) in [5, 5.41) is 1.99. The van der Waals surface area contributed by atoms with Crippen LogP contribution in [0.15, 0.2) is 36.5 Å². The monoisotopic (exact) mass is 342 g/mol. The lowest BCUT2D eigenvalue weighted by molar-refractivity contribution is 0.0741. The largest absolute Gasteiger partial charge is 0.337 e. The van der Waals surface area contributed by atoms with Gasteiger partial charge in [0.2, 0.25) is 0 Å².